The predicted molar refractivity (Wildman–Crippen MR) is 151 cm³/mol. The third-order valence-corrected chi connectivity index (χ3v) is 39.2. The maximum atomic E-state index is 2.91. The van der Waals surface area contributed by atoms with Gasteiger partial charge < -0.3 is 0 Å². The molecule has 2 heteroatoms. The molecule has 182 valence electrons. The predicted octanol–water partition coefficient (Wildman–Crippen LogP) is 9.52. The fraction of sp³-hybridized carbons (Fsp3) is 0.828. The van der Waals surface area contributed by atoms with Crippen LogP contribution in [0.4, 0.5) is 0 Å². The number of hydrogen-bond acceptors (Lipinski definition) is 0. The standard InChI is InChI=1S/C5H3.6C4H9.2Sn/c1-2-4-5-3-1;6*1-3-4-2;;/h1-2,5H;6*1,3-4H2,2H3;;/q-1;;;;;;;;. The molecule has 1 aromatic carbocycles. The van der Waals surface area contributed by atoms with E-state index in [1.165, 1.54) is 77.0 Å². The van der Waals surface area contributed by atoms with Crippen molar-refractivity contribution in [2.24, 2.45) is 0 Å². The molecule has 1 rings (SSSR count). The van der Waals surface area contributed by atoms with Gasteiger partial charge in [0, 0.05) is 0 Å². The molecular formula is C29H57Sn2-. The molecule has 0 heterocycles. The van der Waals surface area contributed by atoms with Crippen LogP contribution < -0.4 is 7.16 Å². The summed E-state index contributed by atoms with van der Waals surface area (Å²) >= 11 is -4.56. The Morgan fingerprint density at radius 3 is 1.26 bits per heavy atom. The van der Waals surface area contributed by atoms with Gasteiger partial charge in [-0.05, 0) is 0 Å². The average Bonchev–Trinajstić information content (AvgIpc) is 3.30. The van der Waals surface area contributed by atoms with Gasteiger partial charge in [-0.3, -0.25) is 0 Å². The zero-order valence-corrected chi connectivity index (χ0v) is 28.2. The molecule has 0 aliphatic rings. The number of hydrogen-bond donors (Lipinski definition) is 0. The van der Waals surface area contributed by atoms with Gasteiger partial charge in [0.2, 0.25) is 0 Å². The summed E-state index contributed by atoms with van der Waals surface area (Å²) < 4.78 is 13.7. The molecule has 0 bridgehead atoms. The molecule has 0 unspecified atom stereocenters. The first kappa shape index (κ1) is 30.0. The van der Waals surface area contributed by atoms with Crippen LogP contribution >= 0.6 is 0 Å². The van der Waals surface area contributed by atoms with Crippen molar-refractivity contribution in [2.45, 2.75) is 145 Å². The Labute approximate surface area is 205 Å². The molecule has 0 nitrogen and oxygen atoms in total. The van der Waals surface area contributed by atoms with Crippen LogP contribution in [0.15, 0.2) is 18.2 Å². The van der Waals surface area contributed by atoms with E-state index in [0.29, 0.717) is 0 Å². The molecule has 0 saturated carbocycles. The van der Waals surface area contributed by atoms with Crippen LogP contribution in [0.5, 0.6) is 0 Å². The van der Waals surface area contributed by atoms with Gasteiger partial charge in [0.1, 0.15) is 0 Å². The molecule has 0 fully saturated rings. The van der Waals surface area contributed by atoms with Gasteiger partial charge in [0.05, 0.1) is 0 Å². The molecule has 0 amide bonds. The summed E-state index contributed by atoms with van der Waals surface area (Å²) in [6.07, 6.45) is 17.2. The molecule has 0 aromatic heterocycles. The Kier molecular flexibility index (Phi) is 16.8. The molecule has 0 atom stereocenters. The van der Waals surface area contributed by atoms with E-state index < -0.39 is 36.8 Å². The fourth-order valence-corrected chi connectivity index (χ4v) is 39.0. The average molecular weight is 643 g/mol. The van der Waals surface area contributed by atoms with Gasteiger partial charge in [-0.2, -0.15) is 0 Å². The molecule has 0 aliphatic carbocycles. The summed E-state index contributed by atoms with van der Waals surface area (Å²) in [4.78, 5) is 0. The Morgan fingerprint density at radius 2 is 0.903 bits per heavy atom. The Morgan fingerprint density at radius 1 is 0.548 bits per heavy atom. The van der Waals surface area contributed by atoms with Gasteiger partial charge >= 0.3 is 207 Å². The van der Waals surface area contributed by atoms with E-state index in [-0.39, 0.29) is 0 Å². The molecule has 0 saturated heterocycles. The van der Waals surface area contributed by atoms with Crippen LogP contribution in [0.3, 0.4) is 0 Å². The van der Waals surface area contributed by atoms with Gasteiger partial charge in [0.25, 0.3) is 0 Å². The molecule has 31 heavy (non-hydrogen) atoms. The van der Waals surface area contributed by atoms with Crippen molar-refractivity contribution in [3.63, 3.8) is 0 Å². The summed E-state index contributed by atoms with van der Waals surface area (Å²) in [6, 6.07) is 8.36. The zero-order valence-electron chi connectivity index (χ0n) is 22.5. The van der Waals surface area contributed by atoms with Crippen molar-refractivity contribution in [2.75, 3.05) is 0 Å². The van der Waals surface area contributed by atoms with E-state index >= 15 is 0 Å². The van der Waals surface area contributed by atoms with Crippen molar-refractivity contribution in [1.29, 1.82) is 0 Å². The van der Waals surface area contributed by atoms with Crippen LogP contribution in [0, 0.1) is 0 Å². The van der Waals surface area contributed by atoms with Crippen LogP contribution in [0.2, 0.25) is 26.6 Å². The Balaban J connectivity index is 3.37. The van der Waals surface area contributed by atoms with Gasteiger partial charge in [-0.15, -0.1) is 0 Å². The van der Waals surface area contributed by atoms with Crippen LogP contribution in [0.25, 0.3) is 0 Å². The SMILES string of the molecule is CCC[CH2][Sn]([CH2]CCC)([CH2]CCC)[c]1cc[c-]([Sn]([CH2]CCC)([CH2]CCC)[CH2]CCC)c1. The second-order valence-corrected chi connectivity index (χ2v) is 37.0. The second kappa shape index (κ2) is 17.4. The van der Waals surface area contributed by atoms with Crippen LogP contribution in [-0.2, 0) is 0 Å². The number of unbranched alkanes of at least 4 members (excludes halogenated alkanes) is 6. The molecule has 0 radical (unpaired) electrons. The summed E-state index contributed by atoms with van der Waals surface area (Å²) in [5.41, 5.74) is 0. The minimum atomic E-state index is -2.28. The van der Waals surface area contributed by atoms with Crippen molar-refractivity contribution >= 4 is 43.9 Å². The quantitative estimate of drug-likeness (QED) is 0.0982. The van der Waals surface area contributed by atoms with Crippen molar-refractivity contribution in [3.05, 3.63) is 18.2 Å². The first-order valence-corrected chi connectivity index (χ1v) is 29.3. The summed E-state index contributed by atoms with van der Waals surface area (Å²) in [5, 5.41) is 0. The fourth-order valence-electron chi connectivity index (χ4n) is 5.81. The molecular weight excluding hydrogens is 586 g/mol. The Hall–Kier alpha value is 0.947. The monoisotopic (exact) mass is 645 g/mol. The third kappa shape index (κ3) is 9.61. The van der Waals surface area contributed by atoms with E-state index in [2.05, 4.69) is 59.7 Å². The topological polar surface area (TPSA) is 0 Å². The summed E-state index contributed by atoms with van der Waals surface area (Å²) in [7, 11) is 0. The van der Waals surface area contributed by atoms with E-state index in [4.69, 9.17) is 0 Å². The van der Waals surface area contributed by atoms with Crippen LogP contribution in [-0.4, -0.2) is 36.8 Å². The molecule has 1 aromatic rings. The van der Waals surface area contributed by atoms with E-state index in [1.54, 1.807) is 26.6 Å². The molecule has 0 spiro atoms. The molecule has 0 N–H and O–H groups in total. The van der Waals surface area contributed by atoms with Crippen molar-refractivity contribution < 1.29 is 0 Å². The van der Waals surface area contributed by atoms with Crippen LogP contribution in [0.1, 0.15) is 119 Å². The molecule has 0 aliphatic heterocycles. The Bertz CT molecular complexity index is 455. The minimum absolute atomic E-state index is 1.39. The van der Waals surface area contributed by atoms with E-state index in [0.717, 1.165) is 0 Å². The van der Waals surface area contributed by atoms with Gasteiger partial charge in [0.15, 0.2) is 0 Å². The third-order valence-electron chi connectivity index (χ3n) is 8.03. The first-order chi connectivity index (χ1) is 15.1. The normalized spacial score (nSPS) is 12.6. The van der Waals surface area contributed by atoms with Crippen molar-refractivity contribution in [1.82, 2.24) is 0 Å². The van der Waals surface area contributed by atoms with Gasteiger partial charge in [-0.1, -0.05) is 0 Å². The first-order valence-electron chi connectivity index (χ1n) is 14.4. The van der Waals surface area contributed by atoms with E-state index in [1.807, 2.05) is 7.16 Å². The summed E-state index contributed by atoms with van der Waals surface area (Å²) in [5.74, 6) is 0. The number of rotatable bonds is 20. The van der Waals surface area contributed by atoms with Gasteiger partial charge in [-0.25, -0.2) is 0 Å². The maximum absolute atomic E-state index is 2.91. The second-order valence-electron chi connectivity index (χ2n) is 10.6. The summed E-state index contributed by atoms with van der Waals surface area (Å²) in [6.45, 7) is 14.5. The van der Waals surface area contributed by atoms with Crippen molar-refractivity contribution in [3.8, 4) is 0 Å². The zero-order chi connectivity index (χ0) is 23.0. The van der Waals surface area contributed by atoms with E-state index in [9.17, 15) is 0 Å².